The summed E-state index contributed by atoms with van der Waals surface area (Å²) < 4.78 is 5.14. The predicted octanol–water partition coefficient (Wildman–Crippen LogP) is 2.53. The number of terminal acetylenes is 1. The number of hydrogen-bond donors (Lipinski definition) is 2. The molecule has 0 radical (unpaired) electrons. The van der Waals surface area contributed by atoms with Crippen LogP contribution in [0.2, 0.25) is 0 Å². The third-order valence-electron chi connectivity index (χ3n) is 2.87. The van der Waals surface area contributed by atoms with Gasteiger partial charge in [-0.1, -0.05) is 5.92 Å². The molecule has 0 aliphatic heterocycles. The number of ether oxygens (including phenoxy) is 1. The number of fused-ring (bicyclic) bond motifs is 1. The number of aromatic nitrogens is 1. The molecule has 0 spiro atoms. The highest BCUT2D eigenvalue weighted by atomic mass is 16.6. The standard InChI is InChI=1S/C17H18N2O3/c1-5-11-6-7-14-13(8-11)15(20)9-12(19-14)10-18-16(21)22-17(2,3)4/h1,6-9H,10H2,2-4H3,(H,18,21)(H,19,20). The summed E-state index contributed by atoms with van der Waals surface area (Å²) in [5.74, 6) is 2.50. The average Bonchev–Trinajstić information content (AvgIpc) is 2.43. The Morgan fingerprint density at radius 1 is 1.36 bits per heavy atom. The molecule has 1 amide bonds. The number of rotatable bonds is 2. The predicted molar refractivity (Wildman–Crippen MR) is 85.6 cm³/mol. The van der Waals surface area contributed by atoms with Gasteiger partial charge in [0.25, 0.3) is 0 Å². The molecule has 22 heavy (non-hydrogen) atoms. The Morgan fingerprint density at radius 2 is 2.09 bits per heavy atom. The zero-order chi connectivity index (χ0) is 16.3. The molecule has 1 aromatic heterocycles. The first kappa shape index (κ1) is 15.6. The van der Waals surface area contributed by atoms with Gasteiger partial charge < -0.3 is 15.0 Å². The number of carbonyl (C=O) groups excluding carboxylic acids is 1. The maximum atomic E-state index is 12.1. The zero-order valence-electron chi connectivity index (χ0n) is 12.8. The van der Waals surface area contributed by atoms with E-state index in [1.165, 1.54) is 6.07 Å². The molecule has 1 heterocycles. The fraction of sp³-hybridized carbons (Fsp3) is 0.294. The van der Waals surface area contributed by atoms with E-state index in [1.807, 2.05) is 0 Å². The zero-order valence-corrected chi connectivity index (χ0v) is 12.8. The van der Waals surface area contributed by atoms with Crippen molar-refractivity contribution in [2.24, 2.45) is 0 Å². The lowest BCUT2D eigenvalue weighted by Gasteiger charge is -2.19. The van der Waals surface area contributed by atoms with Crippen LogP contribution >= 0.6 is 0 Å². The molecule has 0 saturated heterocycles. The quantitative estimate of drug-likeness (QED) is 0.837. The van der Waals surface area contributed by atoms with Crippen LogP contribution in [-0.4, -0.2) is 16.7 Å². The lowest BCUT2D eigenvalue weighted by atomic mass is 10.1. The number of nitrogens with one attached hydrogen (secondary N) is 2. The van der Waals surface area contributed by atoms with E-state index in [9.17, 15) is 9.59 Å². The van der Waals surface area contributed by atoms with E-state index in [0.717, 1.165) is 0 Å². The summed E-state index contributed by atoms with van der Waals surface area (Å²) in [6.07, 6.45) is 4.80. The smallest absolute Gasteiger partial charge is 0.407 e. The average molecular weight is 298 g/mol. The normalized spacial score (nSPS) is 11.0. The minimum atomic E-state index is -0.563. The SMILES string of the molecule is C#Cc1ccc2[nH]c(CNC(=O)OC(C)(C)C)cc(=O)c2c1. The number of carbonyl (C=O) groups is 1. The molecule has 2 rings (SSSR count). The molecular formula is C17H18N2O3. The summed E-state index contributed by atoms with van der Waals surface area (Å²) in [5, 5.41) is 3.13. The minimum Gasteiger partial charge on any atom is -0.444 e. The van der Waals surface area contributed by atoms with Gasteiger partial charge in [-0.25, -0.2) is 4.79 Å². The van der Waals surface area contributed by atoms with Crippen molar-refractivity contribution in [1.29, 1.82) is 0 Å². The van der Waals surface area contributed by atoms with Gasteiger partial charge in [-0.15, -0.1) is 6.42 Å². The van der Waals surface area contributed by atoms with Crippen molar-refractivity contribution >= 4 is 17.0 Å². The monoisotopic (exact) mass is 298 g/mol. The lowest BCUT2D eigenvalue weighted by molar-refractivity contribution is 0.0523. The number of aromatic amines is 1. The van der Waals surface area contributed by atoms with Crippen molar-refractivity contribution in [3.63, 3.8) is 0 Å². The fourth-order valence-corrected chi connectivity index (χ4v) is 1.97. The van der Waals surface area contributed by atoms with E-state index in [-0.39, 0.29) is 12.0 Å². The fourth-order valence-electron chi connectivity index (χ4n) is 1.97. The topological polar surface area (TPSA) is 71.2 Å². The summed E-state index contributed by atoms with van der Waals surface area (Å²) in [4.78, 5) is 26.8. The maximum absolute atomic E-state index is 12.1. The molecule has 0 bridgehead atoms. The van der Waals surface area contributed by atoms with Gasteiger partial charge in [-0.05, 0) is 39.0 Å². The highest BCUT2D eigenvalue weighted by molar-refractivity contribution is 5.80. The van der Waals surface area contributed by atoms with Crippen LogP contribution in [0.3, 0.4) is 0 Å². The van der Waals surface area contributed by atoms with Crippen LogP contribution < -0.4 is 10.7 Å². The third kappa shape index (κ3) is 3.89. The van der Waals surface area contributed by atoms with Gasteiger partial charge in [0, 0.05) is 28.2 Å². The Bertz CT molecular complexity index is 807. The van der Waals surface area contributed by atoms with Crippen molar-refractivity contribution in [2.75, 3.05) is 0 Å². The van der Waals surface area contributed by atoms with Crippen LogP contribution in [0.25, 0.3) is 10.9 Å². The Morgan fingerprint density at radius 3 is 2.73 bits per heavy atom. The van der Waals surface area contributed by atoms with Crippen LogP contribution in [0.4, 0.5) is 4.79 Å². The van der Waals surface area contributed by atoms with E-state index >= 15 is 0 Å². The third-order valence-corrected chi connectivity index (χ3v) is 2.87. The lowest BCUT2D eigenvalue weighted by Crippen LogP contribution is -2.32. The van der Waals surface area contributed by atoms with Crippen molar-refractivity contribution in [1.82, 2.24) is 10.3 Å². The number of pyridine rings is 1. The number of alkyl carbamates (subject to hydrolysis) is 1. The number of H-pyrrole nitrogens is 1. The molecule has 5 nitrogen and oxygen atoms in total. The van der Waals surface area contributed by atoms with Gasteiger partial charge in [0.1, 0.15) is 5.60 Å². The summed E-state index contributed by atoms with van der Waals surface area (Å²) in [7, 11) is 0. The van der Waals surface area contributed by atoms with E-state index in [4.69, 9.17) is 11.2 Å². The summed E-state index contributed by atoms with van der Waals surface area (Å²) in [5.41, 5.74) is 1.21. The van der Waals surface area contributed by atoms with Crippen molar-refractivity contribution in [2.45, 2.75) is 32.9 Å². The molecule has 5 heteroatoms. The van der Waals surface area contributed by atoms with E-state index < -0.39 is 11.7 Å². The van der Waals surface area contributed by atoms with Crippen LogP contribution in [0, 0.1) is 12.3 Å². The van der Waals surface area contributed by atoms with E-state index in [2.05, 4.69) is 16.2 Å². The second-order valence-corrected chi connectivity index (χ2v) is 5.92. The minimum absolute atomic E-state index is 0.146. The van der Waals surface area contributed by atoms with Crippen LogP contribution in [0.15, 0.2) is 29.1 Å². The van der Waals surface area contributed by atoms with E-state index in [0.29, 0.717) is 22.2 Å². The molecule has 0 aliphatic rings. The maximum Gasteiger partial charge on any atom is 0.407 e. The highest BCUT2D eigenvalue weighted by Crippen LogP contribution is 2.11. The second kappa shape index (κ2) is 5.94. The largest absolute Gasteiger partial charge is 0.444 e. The second-order valence-electron chi connectivity index (χ2n) is 5.92. The molecule has 114 valence electrons. The van der Waals surface area contributed by atoms with Gasteiger partial charge in [0.15, 0.2) is 5.43 Å². The van der Waals surface area contributed by atoms with Crippen LogP contribution in [0.5, 0.6) is 0 Å². The Balaban J connectivity index is 2.18. The van der Waals surface area contributed by atoms with Gasteiger partial charge in [0.2, 0.25) is 0 Å². The Labute approximate surface area is 128 Å². The van der Waals surface area contributed by atoms with Gasteiger partial charge in [0.05, 0.1) is 6.54 Å². The first-order chi connectivity index (χ1) is 10.3. The van der Waals surface area contributed by atoms with Crippen molar-refractivity contribution < 1.29 is 9.53 Å². The molecule has 0 saturated carbocycles. The van der Waals surface area contributed by atoms with Crippen molar-refractivity contribution in [3.05, 3.63) is 45.7 Å². The summed E-state index contributed by atoms with van der Waals surface area (Å²) in [6.45, 7) is 5.53. The van der Waals surface area contributed by atoms with E-state index in [1.54, 1.807) is 39.0 Å². The molecule has 0 unspecified atom stereocenters. The Hall–Kier alpha value is -2.74. The summed E-state index contributed by atoms with van der Waals surface area (Å²) >= 11 is 0. The van der Waals surface area contributed by atoms with Gasteiger partial charge in [-0.3, -0.25) is 4.79 Å². The van der Waals surface area contributed by atoms with Gasteiger partial charge >= 0.3 is 6.09 Å². The number of amides is 1. The molecule has 2 N–H and O–H groups in total. The van der Waals surface area contributed by atoms with Gasteiger partial charge in [-0.2, -0.15) is 0 Å². The molecule has 1 aromatic carbocycles. The van der Waals surface area contributed by atoms with Crippen LogP contribution in [-0.2, 0) is 11.3 Å². The molecule has 2 aromatic rings. The number of benzene rings is 1. The first-order valence-electron chi connectivity index (χ1n) is 6.88. The molecule has 0 aliphatic carbocycles. The summed E-state index contributed by atoms with van der Waals surface area (Å²) in [6, 6.07) is 6.62. The first-order valence-corrected chi connectivity index (χ1v) is 6.88. The van der Waals surface area contributed by atoms with Crippen molar-refractivity contribution in [3.8, 4) is 12.3 Å². The number of hydrogen-bond acceptors (Lipinski definition) is 3. The molecule has 0 atom stereocenters. The highest BCUT2D eigenvalue weighted by Gasteiger charge is 2.15. The molecule has 0 fully saturated rings. The molecular weight excluding hydrogens is 280 g/mol. The Kier molecular flexibility index (Phi) is 4.22. The van der Waals surface area contributed by atoms with Crippen LogP contribution in [0.1, 0.15) is 32.0 Å².